The van der Waals surface area contributed by atoms with Gasteiger partial charge in [-0.15, -0.1) is 12.4 Å². The molecule has 0 radical (unpaired) electrons. The zero-order valence-corrected chi connectivity index (χ0v) is 15.6. The standard InChI is InChI=1S/C20H28N2O2.ClH/c21-13-16-8-9-18(24-16)19(23)22-12-4-11-20(14-22)10-3-6-15-5-1-2-7-17(15)20;/h1-2,5,7,16,18H,3-4,6,8-14,21H2;1H/t16-,18+,20?;/m1./s1. The topological polar surface area (TPSA) is 55.6 Å². The molecule has 1 aromatic carbocycles. The van der Waals surface area contributed by atoms with Gasteiger partial charge in [0.1, 0.15) is 6.10 Å². The minimum absolute atomic E-state index is 0. The third-order valence-corrected chi connectivity index (χ3v) is 6.22. The third kappa shape index (κ3) is 3.44. The average Bonchev–Trinajstić information content (AvgIpc) is 3.11. The number of amides is 1. The van der Waals surface area contributed by atoms with E-state index in [-0.39, 0.29) is 35.9 Å². The molecule has 2 N–H and O–H groups in total. The Kier molecular flexibility index (Phi) is 5.71. The molecule has 1 unspecified atom stereocenters. The van der Waals surface area contributed by atoms with Crippen LogP contribution >= 0.6 is 12.4 Å². The molecule has 3 atom stereocenters. The number of aryl methyl sites for hydroxylation is 1. The van der Waals surface area contributed by atoms with E-state index >= 15 is 0 Å². The highest BCUT2D eigenvalue weighted by Crippen LogP contribution is 2.43. The van der Waals surface area contributed by atoms with Crippen molar-refractivity contribution in [3.05, 3.63) is 35.4 Å². The van der Waals surface area contributed by atoms with E-state index in [4.69, 9.17) is 10.5 Å². The summed E-state index contributed by atoms with van der Waals surface area (Å²) in [6.45, 7) is 2.24. The first kappa shape index (κ1) is 18.7. The number of hydrogen-bond donors (Lipinski definition) is 1. The number of likely N-dealkylation sites (tertiary alicyclic amines) is 1. The maximum atomic E-state index is 13.0. The van der Waals surface area contributed by atoms with E-state index in [0.29, 0.717) is 6.54 Å². The van der Waals surface area contributed by atoms with Gasteiger partial charge in [0.15, 0.2) is 0 Å². The molecule has 2 saturated heterocycles. The molecular formula is C20H29ClN2O2. The van der Waals surface area contributed by atoms with Crippen molar-refractivity contribution in [3.63, 3.8) is 0 Å². The predicted octanol–water partition coefficient (Wildman–Crippen LogP) is 2.81. The molecule has 4 rings (SSSR count). The lowest BCUT2D eigenvalue weighted by Crippen LogP contribution is -2.52. The number of hydrogen-bond acceptors (Lipinski definition) is 3. The Balaban J connectivity index is 0.00000182. The fraction of sp³-hybridized carbons (Fsp3) is 0.650. The van der Waals surface area contributed by atoms with E-state index in [0.717, 1.165) is 32.4 Å². The Morgan fingerprint density at radius 2 is 2.04 bits per heavy atom. The third-order valence-electron chi connectivity index (χ3n) is 6.22. The van der Waals surface area contributed by atoms with E-state index in [9.17, 15) is 4.79 Å². The molecule has 5 heteroatoms. The molecule has 3 aliphatic rings. The van der Waals surface area contributed by atoms with Gasteiger partial charge in [-0.05, 0) is 56.1 Å². The highest BCUT2D eigenvalue weighted by molar-refractivity contribution is 5.85. The summed E-state index contributed by atoms with van der Waals surface area (Å²) in [6.07, 6.45) is 7.42. The molecule has 0 saturated carbocycles. The Bertz CT molecular complexity index is 623. The fourth-order valence-corrected chi connectivity index (χ4v) is 5.02. The van der Waals surface area contributed by atoms with Gasteiger partial charge < -0.3 is 15.4 Å². The summed E-state index contributed by atoms with van der Waals surface area (Å²) in [5.74, 6) is 0.188. The van der Waals surface area contributed by atoms with Crippen LogP contribution in [0.5, 0.6) is 0 Å². The van der Waals surface area contributed by atoms with E-state index < -0.39 is 0 Å². The first-order chi connectivity index (χ1) is 11.7. The zero-order valence-electron chi connectivity index (χ0n) is 14.8. The summed E-state index contributed by atoms with van der Waals surface area (Å²) >= 11 is 0. The van der Waals surface area contributed by atoms with Crippen LogP contribution in [0.15, 0.2) is 24.3 Å². The van der Waals surface area contributed by atoms with Crippen LogP contribution in [0.2, 0.25) is 0 Å². The largest absolute Gasteiger partial charge is 0.364 e. The quantitative estimate of drug-likeness (QED) is 0.877. The van der Waals surface area contributed by atoms with Gasteiger partial charge in [-0.2, -0.15) is 0 Å². The number of benzene rings is 1. The van der Waals surface area contributed by atoms with Gasteiger partial charge >= 0.3 is 0 Å². The van der Waals surface area contributed by atoms with Gasteiger partial charge in [0.2, 0.25) is 0 Å². The van der Waals surface area contributed by atoms with Crippen LogP contribution in [0.1, 0.15) is 49.7 Å². The smallest absolute Gasteiger partial charge is 0.251 e. The summed E-state index contributed by atoms with van der Waals surface area (Å²) in [5.41, 5.74) is 8.82. The van der Waals surface area contributed by atoms with Gasteiger partial charge in [-0.25, -0.2) is 0 Å². The number of fused-ring (bicyclic) bond motifs is 2. The highest BCUT2D eigenvalue weighted by atomic mass is 35.5. The lowest BCUT2D eigenvalue weighted by molar-refractivity contribution is -0.145. The van der Waals surface area contributed by atoms with Crippen molar-refractivity contribution in [2.75, 3.05) is 19.6 Å². The normalized spacial score (nSPS) is 31.5. The number of carbonyl (C=O) groups excluding carboxylic acids is 1. The molecular weight excluding hydrogens is 336 g/mol. The van der Waals surface area contributed by atoms with Gasteiger partial charge in [0, 0.05) is 25.0 Å². The molecule has 4 nitrogen and oxygen atoms in total. The van der Waals surface area contributed by atoms with Crippen LogP contribution in [0.3, 0.4) is 0 Å². The van der Waals surface area contributed by atoms with Crippen molar-refractivity contribution >= 4 is 18.3 Å². The zero-order chi connectivity index (χ0) is 16.6. The number of halogens is 1. The number of piperidine rings is 1. The Morgan fingerprint density at radius 3 is 2.84 bits per heavy atom. The molecule has 1 amide bonds. The highest BCUT2D eigenvalue weighted by Gasteiger charge is 2.43. The van der Waals surface area contributed by atoms with Crippen LogP contribution in [0.25, 0.3) is 0 Å². The number of carbonyl (C=O) groups is 1. The SMILES string of the molecule is Cl.NC[C@H]1CC[C@@H](C(=O)N2CCCC3(CCCc4ccccc43)C2)O1. The molecule has 2 aliphatic heterocycles. The second-order valence-corrected chi connectivity index (χ2v) is 7.71. The van der Waals surface area contributed by atoms with Gasteiger partial charge in [0.05, 0.1) is 6.10 Å². The van der Waals surface area contributed by atoms with Crippen molar-refractivity contribution < 1.29 is 9.53 Å². The van der Waals surface area contributed by atoms with Crippen LogP contribution in [0.4, 0.5) is 0 Å². The average molecular weight is 365 g/mol. The number of nitrogens with zero attached hydrogens (tertiary/aromatic N) is 1. The van der Waals surface area contributed by atoms with Gasteiger partial charge in [-0.3, -0.25) is 4.79 Å². The van der Waals surface area contributed by atoms with Crippen molar-refractivity contribution in [1.82, 2.24) is 4.90 Å². The molecule has 2 fully saturated rings. The van der Waals surface area contributed by atoms with Gasteiger partial charge in [0.25, 0.3) is 5.91 Å². The molecule has 138 valence electrons. The Morgan fingerprint density at radius 1 is 1.24 bits per heavy atom. The number of rotatable bonds is 2. The first-order valence-corrected chi connectivity index (χ1v) is 9.44. The Hall–Kier alpha value is -1.10. The number of nitrogens with two attached hydrogens (primary N) is 1. The van der Waals surface area contributed by atoms with Crippen LogP contribution in [-0.2, 0) is 21.4 Å². The van der Waals surface area contributed by atoms with E-state index in [2.05, 4.69) is 29.2 Å². The summed E-state index contributed by atoms with van der Waals surface area (Å²) in [7, 11) is 0. The lowest BCUT2D eigenvalue weighted by atomic mass is 9.66. The summed E-state index contributed by atoms with van der Waals surface area (Å²) < 4.78 is 5.85. The van der Waals surface area contributed by atoms with Crippen molar-refractivity contribution in [2.45, 2.75) is 62.6 Å². The maximum absolute atomic E-state index is 13.0. The summed E-state index contributed by atoms with van der Waals surface area (Å²) in [4.78, 5) is 15.0. The summed E-state index contributed by atoms with van der Waals surface area (Å²) in [5, 5.41) is 0. The molecule has 25 heavy (non-hydrogen) atoms. The van der Waals surface area contributed by atoms with Crippen LogP contribution in [-0.4, -0.2) is 42.6 Å². The predicted molar refractivity (Wildman–Crippen MR) is 101 cm³/mol. The second-order valence-electron chi connectivity index (χ2n) is 7.71. The van der Waals surface area contributed by atoms with Gasteiger partial charge in [-0.1, -0.05) is 24.3 Å². The van der Waals surface area contributed by atoms with Crippen molar-refractivity contribution in [3.8, 4) is 0 Å². The molecule has 2 heterocycles. The Labute approximate surface area is 156 Å². The van der Waals surface area contributed by atoms with Crippen molar-refractivity contribution in [1.29, 1.82) is 0 Å². The fourth-order valence-electron chi connectivity index (χ4n) is 5.02. The molecule has 0 bridgehead atoms. The second kappa shape index (κ2) is 7.65. The van der Waals surface area contributed by atoms with E-state index in [1.54, 1.807) is 0 Å². The molecule has 1 aliphatic carbocycles. The van der Waals surface area contributed by atoms with E-state index in [1.165, 1.54) is 36.8 Å². The van der Waals surface area contributed by atoms with Crippen LogP contribution < -0.4 is 5.73 Å². The first-order valence-electron chi connectivity index (χ1n) is 9.44. The van der Waals surface area contributed by atoms with Crippen LogP contribution in [0, 0.1) is 0 Å². The number of ether oxygens (including phenoxy) is 1. The maximum Gasteiger partial charge on any atom is 0.251 e. The minimum Gasteiger partial charge on any atom is -0.364 e. The van der Waals surface area contributed by atoms with Crippen molar-refractivity contribution in [2.24, 2.45) is 5.73 Å². The monoisotopic (exact) mass is 364 g/mol. The molecule has 0 aromatic heterocycles. The molecule has 1 spiro atoms. The molecule has 1 aromatic rings. The summed E-state index contributed by atoms with van der Waals surface area (Å²) in [6, 6.07) is 8.85. The lowest BCUT2D eigenvalue weighted by Gasteiger charge is -2.46. The van der Waals surface area contributed by atoms with E-state index in [1.807, 2.05) is 0 Å². The minimum atomic E-state index is -0.271.